The molecule has 0 rings (SSSR count). The predicted molar refractivity (Wildman–Crippen MR) is 38.1 cm³/mol. The summed E-state index contributed by atoms with van der Waals surface area (Å²) in [4.78, 5) is 0. The molecule has 9 heavy (non-hydrogen) atoms. The van der Waals surface area contributed by atoms with Crippen molar-refractivity contribution in [3.05, 3.63) is 0 Å². The van der Waals surface area contributed by atoms with Gasteiger partial charge in [-0.2, -0.15) is 0 Å². The lowest BCUT2D eigenvalue weighted by Crippen LogP contribution is -2.19. The molecule has 4 N–H and O–H groups in total. The molecular formula is C6H16N2O. The number of ether oxygens (including phenoxy) is 1. The molecule has 0 aromatic rings. The monoisotopic (exact) mass is 132 g/mol. The van der Waals surface area contributed by atoms with Gasteiger partial charge < -0.3 is 16.2 Å². The van der Waals surface area contributed by atoms with Gasteiger partial charge >= 0.3 is 0 Å². The van der Waals surface area contributed by atoms with Gasteiger partial charge in [-0.05, 0) is 12.5 Å². The van der Waals surface area contributed by atoms with Gasteiger partial charge in [-0.3, -0.25) is 0 Å². The van der Waals surface area contributed by atoms with Crippen LogP contribution >= 0.6 is 0 Å². The molecule has 1 atom stereocenters. The summed E-state index contributed by atoms with van der Waals surface area (Å²) in [6, 6.07) is 0. The van der Waals surface area contributed by atoms with Gasteiger partial charge in [0.05, 0.1) is 13.2 Å². The molecule has 0 bridgehead atoms. The highest BCUT2D eigenvalue weighted by atomic mass is 16.5. The molecule has 0 aromatic heterocycles. The van der Waals surface area contributed by atoms with E-state index in [0.717, 1.165) is 6.61 Å². The van der Waals surface area contributed by atoms with Crippen molar-refractivity contribution in [1.29, 1.82) is 0 Å². The van der Waals surface area contributed by atoms with Crippen molar-refractivity contribution < 1.29 is 4.74 Å². The van der Waals surface area contributed by atoms with E-state index in [0.29, 0.717) is 25.6 Å². The van der Waals surface area contributed by atoms with Gasteiger partial charge in [-0.25, -0.2) is 0 Å². The molecular weight excluding hydrogens is 116 g/mol. The summed E-state index contributed by atoms with van der Waals surface area (Å²) >= 11 is 0. The Bertz CT molecular complexity index is 59.0. The predicted octanol–water partition coefficient (Wildman–Crippen LogP) is -0.443. The summed E-state index contributed by atoms with van der Waals surface area (Å²) < 4.78 is 5.13. The van der Waals surface area contributed by atoms with Crippen LogP contribution in [0.2, 0.25) is 0 Å². The molecule has 0 amide bonds. The van der Waals surface area contributed by atoms with Gasteiger partial charge in [0.2, 0.25) is 0 Å². The molecule has 0 aliphatic carbocycles. The van der Waals surface area contributed by atoms with Crippen LogP contribution in [0.25, 0.3) is 0 Å². The van der Waals surface area contributed by atoms with E-state index in [9.17, 15) is 0 Å². The first-order chi connectivity index (χ1) is 4.31. The van der Waals surface area contributed by atoms with E-state index in [-0.39, 0.29) is 0 Å². The van der Waals surface area contributed by atoms with Crippen LogP contribution in [0.5, 0.6) is 0 Å². The summed E-state index contributed by atoms with van der Waals surface area (Å²) in [6.45, 7) is 4.70. The standard InChI is InChI=1S/C6H16N2O/c1-6(4-8)5-9-3-2-7/h6H,2-5,7-8H2,1H3. The summed E-state index contributed by atoms with van der Waals surface area (Å²) in [5, 5.41) is 0. The van der Waals surface area contributed by atoms with Crippen LogP contribution in [-0.2, 0) is 4.74 Å². The van der Waals surface area contributed by atoms with E-state index >= 15 is 0 Å². The van der Waals surface area contributed by atoms with E-state index in [4.69, 9.17) is 16.2 Å². The van der Waals surface area contributed by atoms with Gasteiger partial charge in [-0.15, -0.1) is 0 Å². The summed E-state index contributed by atoms with van der Waals surface area (Å²) in [7, 11) is 0. The highest BCUT2D eigenvalue weighted by molar-refractivity contribution is 4.49. The van der Waals surface area contributed by atoms with Crippen molar-refractivity contribution >= 4 is 0 Å². The molecule has 0 aliphatic heterocycles. The summed E-state index contributed by atoms with van der Waals surface area (Å²) in [5.41, 5.74) is 10.5. The van der Waals surface area contributed by atoms with E-state index in [1.165, 1.54) is 0 Å². The lowest BCUT2D eigenvalue weighted by atomic mass is 10.2. The van der Waals surface area contributed by atoms with Crippen molar-refractivity contribution in [2.45, 2.75) is 6.92 Å². The van der Waals surface area contributed by atoms with E-state index < -0.39 is 0 Å². The zero-order valence-corrected chi connectivity index (χ0v) is 5.97. The molecule has 56 valence electrons. The van der Waals surface area contributed by atoms with Gasteiger partial charge in [0.15, 0.2) is 0 Å². The van der Waals surface area contributed by atoms with Crippen LogP contribution < -0.4 is 11.5 Å². The lowest BCUT2D eigenvalue weighted by molar-refractivity contribution is 0.113. The van der Waals surface area contributed by atoms with Crippen LogP contribution in [0.4, 0.5) is 0 Å². The third kappa shape index (κ3) is 5.76. The maximum Gasteiger partial charge on any atom is 0.0588 e. The van der Waals surface area contributed by atoms with Gasteiger partial charge in [0, 0.05) is 6.54 Å². The summed E-state index contributed by atoms with van der Waals surface area (Å²) in [5.74, 6) is 0.455. The van der Waals surface area contributed by atoms with Crippen LogP contribution in [-0.4, -0.2) is 26.3 Å². The first-order valence-corrected chi connectivity index (χ1v) is 3.29. The minimum absolute atomic E-state index is 0.455. The second-order valence-corrected chi connectivity index (χ2v) is 2.20. The minimum atomic E-state index is 0.455. The van der Waals surface area contributed by atoms with Crippen LogP contribution in [0.1, 0.15) is 6.92 Å². The minimum Gasteiger partial charge on any atom is -0.380 e. The fraction of sp³-hybridized carbons (Fsp3) is 1.00. The van der Waals surface area contributed by atoms with E-state index in [1.807, 2.05) is 0 Å². The molecule has 0 saturated heterocycles. The Balaban J connectivity index is 2.88. The molecule has 3 nitrogen and oxygen atoms in total. The molecule has 0 aromatic carbocycles. The average Bonchev–Trinajstić information content (AvgIpc) is 1.89. The molecule has 0 fully saturated rings. The Kier molecular flexibility index (Phi) is 5.93. The number of hydrogen-bond acceptors (Lipinski definition) is 3. The quantitative estimate of drug-likeness (QED) is 0.498. The topological polar surface area (TPSA) is 61.3 Å². The third-order valence-electron chi connectivity index (χ3n) is 1.07. The second-order valence-electron chi connectivity index (χ2n) is 2.20. The molecule has 3 heteroatoms. The smallest absolute Gasteiger partial charge is 0.0588 e. The fourth-order valence-corrected chi connectivity index (χ4v) is 0.436. The first kappa shape index (κ1) is 8.88. The van der Waals surface area contributed by atoms with Crippen molar-refractivity contribution in [3.8, 4) is 0 Å². The third-order valence-corrected chi connectivity index (χ3v) is 1.07. The van der Waals surface area contributed by atoms with Crippen LogP contribution in [0.15, 0.2) is 0 Å². The van der Waals surface area contributed by atoms with Gasteiger partial charge in [-0.1, -0.05) is 6.92 Å². The van der Waals surface area contributed by atoms with Gasteiger partial charge in [0.1, 0.15) is 0 Å². The molecule has 0 saturated carbocycles. The van der Waals surface area contributed by atoms with Crippen molar-refractivity contribution in [2.75, 3.05) is 26.3 Å². The Morgan fingerprint density at radius 1 is 1.44 bits per heavy atom. The zero-order chi connectivity index (χ0) is 7.11. The maximum atomic E-state index is 5.34. The van der Waals surface area contributed by atoms with Crippen molar-refractivity contribution in [2.24, 2.45) is 17.4 Å². The SMILES string of the molecule is CC(CN)COCCN. The average molecular weight is 132 g/mol. The van der Waals surface area contributed by atoms with Crippen LogP contribution in [0, 0.1) is 5.92 Å². The Morgan fingerprint density at radius 2 is 2.11 bits per heavy atom. The van der Waals surface area contributed by atoms with E-state index in [2.05, 4.69) is 6.92 Å². The maximum absolute atomic E-state index is 5.34. The molecule has 0 spiro atoms. The first-order valence-electron chi connectivity index (χ1n) is 3.29. The highest BCUT2D eigenvalue weighted by Crippen LogP contribution is 1.90. The Hall–Kier alpha value is -0.120. The molecule has 1 unspecified atom stereocenters. The van der Waals surface area contributed by atoms with Crippen molar-refractivity contribution in [3.63, 3.8) is 0 Å². The summed E-state index contributed by atoms with van der Waals surface area (Å²) in [6.07, 6.45) is 0. The fourth-order valence-electron chi connectivity index (χ4n) is 0.436. The van der Waals surface area contributed by atoms with Crippen LogP contribution in [0.3, 0.4) is 0 Å². The Labute approximate surface area is 56.4 Å². The normalized spacial score (nSPS) is 13.7. The Morgan fingerprint density at radius 3 is 2.56 bits per heavy atom. The van der Waals surface area contributed by atoms with Gasteiger partial charge in [0.25, 0.3) is 0 Å². The largest absolute Gasteiger partial charge is 0.380 e. The van der Waals surface area contributed by atoms with E-state index in [1.54, 1.807) is 0 Å². The molecule has 0 heterocycles. The number of nitrogens with two attached hydrogens (primary N) is 2. The number of hydrogen-bond donors (Lipinski definition) is 2. The second kappa shape index (κ2) is 6.01. The lowest BCUT2D eigenvalue weighted by Gasteiger charge is -2.07. The number of rotatable bonds is 5. The molecule has 0 aliphatic rings. The zero-order valence-electron chi connectivity index (χ0n) is 5.97. The molecule has 0 radical (unpaired) electrons. The highest BCUT2D eigenvalue weighted by Gasteiger charge is 1.96. The van der Waals surface area contributed by atoms with Crippen molar-refractivity contribution in [1.82, 2.24) is 0 Å².